The fourth-order valence-electron chi connectivity index (χ4n) is 5.31. The summed E-state index contributed by atoms with van der Waals surface area (Å²) >= 11 is 1.69. The highest BCUT2D eigenvalue weighted by Gasteiger charge is 2.24. The maximum atomic E-state index is 11.5. The molecule has 3 nitrogen and oxygen atoms in total. The van der Waals surface area contributed by atoms with Crippen LogP contribution >= 0.6 is 11.3 Å². The molecular weight excluding hydrogens is 549 g/mol. The first-order valence-corrected chi connectivity index (χ1v) is 19.3. The van der Waals surface area contributed by atoms with E-state index in [1.165, 1.54) is 21.0 Å². The summed E-state index contributed by atoms with van der Waals surface area (Å²) in [5.41, 5.74) is 9.68. The van der Waals surface area contributed by atoms with E-state index in [1.54, 1.807) is 11.3 Å². The van der Waals surface area contributed by atoms with Gasteiger partial charge >= 0.3 is 0 Å². The minimum atomic E-state index is -1.65. The van der Waals surface area contributed by atoms with E-state index in [0.29, 0.717) is 11.7 Å². The summed E-state index contributed by atoms with van der Waals surface area (Å²) in [4.78, 5) is 9.99. The highest BCUT2D eigenvalue weighted by Crippen LogP contribution is 2.44. The minimum Gasteiger partial charge on any atom is -0.507 e. The number of nitrogens with zero attached hydrogens (tertiary/aromatic N) is 2. The molecule has 0 atom stereocenters. The Balaban J connectivity index is 1.82. The molecule has 0 radical (unpaired) electrons. The molecule has 0 aliphatic heterocycles. The van der Waals surface area contributed by atoms with Crippen LogP contribution in [-0.4, -0.2) is 23.1 Å². The second-order valence-corrected chi connectivity index (χ2v) is 20.3. The molecule has 1 N–H and O–H groups in total. The lowest BCUT2D eigenvalue weighted by atomic mass is 9.83. The largest absolute Gasteiger partial charge is 0.507 e. The standard InChI is InChI=1S/C37H44N2OSSi/c1-22(2)24-18-29(23(3)4)35(40)31(19-24)36-39-34-30(20-28(42(8,9)10)21-33(34)41-36)25-15-26(32-13-11-12-14-38-32)17-27(16-25)37(5,6)7/h11-23,40H,1-10H3. The van der Waals surface area contributed by atoms with Gasteiger partial charge in [0, 0.05) is 17.3 Å². The quantitative estimate of drug-likeness (QED) is 0.200. The van der Waals surface area contributed by atoms with Crippen LogP contribution in [0.5, 0.6) is 5.75 Å². The normalized spacial score (nSPS) is 12.6. The Morgan fingerprint density at radius 2 is 1.52 bits per heavy atom. The predicted octanol–water partition coefficient (Wildman–Crippen LogP) is 10.5. The zero-order chi connectivity index (χ0) is 30.6. The molecule has 0 unspecified atom stereocenters. The van der Waals surface area contributed by atoms with E-state index in [9.17, 15) is 5.11 Å². The first-order chi connectivity index (χ1) is 19.6. The Morgan fingerprint density at radius 3 is 2.12 bits per heavy atom. The molecule has 0 aliphatic carbocycles. The average Bonchev–Trinajstić information content (AvgIpc) is 3.35. The van der Waals surface area contributed by atoms with Gasteiger partial charge in [0.05, 0.1) is 29.5 Å². The maximum absolute atomic E-state index is 11.5. The summed E-state index contributed by atoms with van der Waals surface area (Å²) in [5, 5.41) is 13.7. The van der Waals surface area contributed by atoms with Crippen LogP contribution in [0.3, 0.4) is 0 Å². The van der Waals surface area contributed by atoms with Gasteiger partial charge in [0.15, 0.2) is 0 Å². The van der Waals surface area contributed by atoms with Crippen molar-refractivity contribution in [2.75, 3.05) is 0 Å². The van der Waals surface area contributed by atoms with Crippen LogP contribution in [0.15, 0.2) is 66.9 Å². The number of hydrogen-bond acceptors (Lipinski definition) is 4. The Hall–Kier alpha value is -3.28. The van der Waals surface area contributed by atoms with Crippen molar-refractivity contribution >= 4 is 34.8 Å². The van der Waals surface area contributed by atoms with Crippen LogP contribution < -0.4 is 5.19 Å². The fraction of sp³-hybridized carbons (Fsp3) is 0.351. The van der Waals surface area contributed by atoms with E-state index >= 15 is 0 Å². The van der Waals surface area contributed by atoms with Crippen molar-refractivity contribution < 1.29 is 5.11 Å². The highest BCUT2D eigenvalue weighted by molar-refractivity contribution is 7.22. The van der Waals surface area contributed by atoms with Crippen LogP contribution in [-0.2, 0) is 5.41 Å². The number of aromatic hydroxyl groups is 1. The third-order valence-corrected chi connectivity index (χ3v) is 11.2. The zero-order valence-electron chi connectivity index (χ0n) is 26.8. The number of pyridine rings is 1. The molecule has 218 valence electrons. The van der Waals surface area contributed by atoms with Gasteiger partial charge in [-0.3, -0.25) is 4.98 Å². The van der Waals surface area contributed by atoms with Crippen molar-refractivity contribution in [1.29, 1.82) is 0 Å². The zero-order valence-corrected chi connectivity index (χ0v) is 28.6. The second kappa shape index (κ2) is 11.1. The molecule has 2 heterocycles. The van der Waals surface area contributed by atoms with Crippen molar-refractivity contribution in [3.05, 3.63) is 83.6 Å². The summed E-state index contributed by atoms with van der Waals surface area (Å²) in [6, 6.07) is 22.0. The fourth-order valence-corrected chi connectivity index (χ4v) is 7.62. The first kappa shape index (κ1) is 30.2. The Bertz CT molecular complexity index is 1760. The summed E-state index contributed by atoms with van der Waals surface area (Å²) in [6.45, 7) is 22.7. The molecule has 2 aromatic heterocycles. The van der Waals surface area contributed by atoms with Gasteiger partial charge < -0.3 is 5.11 Å². The number of thiazole rings is 1. The second-order valence-electron chi connectivity index (χ2n) is 14.2. The lowest BCUT2D eigenvalue weighted by Gasteiger charge is -2.22. The smallest absolute Gasteiger partial charge is 0.129 e. The van der Waals surface area contributed by atoms with Crippen molar-refractivity contribution in [3.8, 4) is 38.7 Å². The molecule has 0 bridgehead atoms. The summed E-state index contributed by atoms with van der Waals surface area (Å²) in [6.07, 6.45) is 1.86. The molecule has 0 saturated carbocycles. The van der Waals surface area contributed by atoms with E-state index in [-0.39, 0.29) is 11.3 Å². The number of aromatic nitrogens is 2. The lowest BCUT2D eigenvalue weighted by molar-refractivity contribution is 0.466. The van der Waals surface area contributed by atoms with E-state index in [1.807, 2.05) is 18.3 Å². The van der Waals surface area contributed by atoms with Crippen molar-refractivity contribution in [2.24, 2.45) is 0 Å². The molecule has 0 amide bonds. The van der Waals surface area contributed by atoms with E-state index < -0.39 is 8.07 Å². The van der Waals surface area contributed by atoms with Gasteiger partial charge in [-0.25, -0.2) is 4.98 Å². The number of rotatable bonds is 6. The third-order valence-electron chi connectivity index (χ3n) is 8.11. The number of phenols is 1. The van der Waals surface area contributed by atoms with Crippen LogP contribution in [0.25, 0.3) is 43.2 Å². The van der Waals surface area contributed by atoms with Gasteiger partial charge in [0.1, 0.15) is 10.8 Å². The van der Waals surface area contributed by atoms with Gasteiger partial charge in [0.25, 0.3) is 0 Å². The van der Waals surface area contributed by atoms with Gasteiger partial charge in [-0.15, -0.1) is 11.3 Å². The number of hydrogen-bond donors (Lipinski definition) is 1. The van der Waals surface area contributed by atoms with Crippen LogP contribution in [0.4, 0.5) is 0 Å². The topological polar surface area (TPSA) is 46.0 Å². The summed E-state index contributed by atoms with van der Waals surface area (Å²) in [7, 11) is -1.65. The van der Waals surface area contributed by atoms with Gasteiger partial charge in [0.2, 0.25) is 0 Å². The van der Waals surface area contributed by atoms with Gasteiger partial charge in [-0.1, -0.05) is 97.6 Å². The van der Waals surface area contributed by atoms with Crippen molar-refractivity contribution in [1.82, 2.24) is 9.97 Å². The summed E-state index contributed by atoms with van der Waals surface area (Å²) < 4.78 is 1.17. The van der Waals surface area contributed by atoms with Crippen molar-refractivity contribution in [2.45, 2.75) is 85.4 Å². The predicted molar refractivity (Wildman–Crippen MR) is 185 cm³/mol. The highest BCUT2D eigenvalue weighted by atomic mass is 32.1. The third kappa shape index (κ3) is 5.95. The molecule has 0 spiro atoms. The number of fused-ring (bicyclic) bond motifs is 1. The Kier molecular flexibility index (Phi) is 7.97. The SMILES string of the molecule is CC(C)c1cc(-c2nc3c(-c4cc(-c5ccccn5)cc(C(C)(C)C)c4)cc([Si](C)(C)C)cc3s2)c(O)c(C(C)C)c1. The molecular formula is C37H44N2OSSi. The van der Waals surface area contributed by atoms with Crippen molar-refractivity contribution in [3.63, 3.8) is 0 Å². The van der Waals surface area contributed by atoms with Crippen LogP contribution in [0.1, 0.15) is 77.0 Å². The molecule has 42 heavy (non-hydrogen) atoms. The molecule has 5 heteroatoms. The van der Waals surface area contributed by atoms with Gasteiger partial charge in [-0.2, -0.15) is 0 Å². The van der Waals surface area contributed by atoms with E-state index in [2.05, 4.69) is 122 Å². The van der Waals surface area contributed by atoms with Crippen LogP contribution in [0.2, 0.25) is 19.6 Å². The lowest BCUT2D eigenvalue weighted by Crippen LogP contribution is -2.37. The number of benzene rings is 3. The summed E-state index contributed by atoms with van der Waals surface area (Å²) in [5.74, 6) is 0.930. The minimum absolute atomic E-state index is 0.0292. The van der Waals surface area contributed by atoms with E-state index in [4.69, 9.17) is 4.98 Å². The molecule has 0 aliphatic rings. The first-order valence-electron chi connectivity index (χ1n) is 15.0. The molecule has 5 rings (SSSR count). The molecule has 5 aromatic rings. The molecule has 0 saturated heterocycles. The number of phenolic OH excluding ortho intramolecular Hbond substituents is 1. The molecule has 3 aromatic carbocycles. The molecule has 0 fully saturated rings. The van der Waals surface area contributed by atoms with Crippen LogP contribution in [0, 0.1) is 0 Å². The Labute approximate surface area is 256 Å². The van der Waals surface area contributed by atoms with Gasteiger partial charge in [-0.05, 0) is 75.9 Å². The van der Waals surface area contributed by atoms with E-state index in [0.717, 1.165) is 44.0 Å². The maximum Gasteiger partial charge on any atom is 0.129 e. The Morgan fingerprint density at radius 1 is 0.810 bits per heavy atom. The monoisotopic (exact) mass is 592 g/mol. The average molecular weight is 593 g/mol.